The normalized spacial score (nSPS) is 11.5. The van der Waals surface area contributed by atoms with Gasteiger partial charge in [-0.25, -0.2) is 9.18 Å². The molecule has 212 valence electrons. The second-order valence-electron chi connectivity index (χ2n) is 9.43. The van der Waals surface area contributed by atoms with E-state index in [0.29, 0.717) is 17.1 Å². The van der Waals surface area contributed by atoms with Crippen LogP contribution in [0.4, 0.5) is 32.8 Å². The maximum absolute atomic E-state index is 15.1. The minimum atomic E-state index is -0.705. The van der Waals surface area contributed by atoms with Gasteiger partial charge in [-0.2, -0.15) is 10.2 Å². The maximum Gasteiger partial charge on any atom is 0.341 e. The second kappa shape index (κ2) is 13.5. The van der Waals surface area contributed by atoms with Crippen molar-refractivity contribution in [3.8, 4) is 17.2 Å². The van der Waals surface area contributed by atoms with Gasteiger partial charge in [-0.05, 0) is 52.0 Å². The predicted molar refractivity (Wildman–Crippen MR) is 151 cm³/mol. The summed E-state index contributed by atoms with van der Waals surface area (Å²) in [6.45, 7) is 7.49. The first-order valence-electron chi connectivity index (χ1n) is 12.6. The van der Waals surface area contributed by atoms with Crippen molar-refractivity contribution in [1.29, 1.82) is 0 Å². The smallest absolute Gasteiger partial charge is 0.341 e. The van der Waals surface area contributed by atoms with E-state index in [0.717, 1.165) is 5.69 Å². The Kier molecular flexibility index (Phi) is 10.1. The van der Waals surface area contributed by atoms with Gasteiger partial charge in [-0.15, -0.1) is 10.2 Å². The van der Waals surface area contributed by atoms with Crippen LogP contribution in [0.1, 0.15) is 38.1 Å². The van der Waals surface area contributed by atoms with Crippen LogP contribution >= 0.6 is 0 Å². The van der Waals surface area contributed by atoms with Crippen LogP contribution in [-0.4, -0.2) is 46.5 Å². The van der Waals surface area contributed by atoms with Gasteiger partial charge in [0.1, 0.15) is 22.7 Å². The van der Waals surface area contributed by atoms with Crippen LogP contribution in [0, 0.1) is 5.82 Å². The molecule has 0 unspecified atom stereocenters. The largest absolute Gasteiger partial charge is 0.494 e. The lowest BCUT2D eigenvalue weighted by atomic mass is 10.2. The zero-order chi connectivity index (χ0) is 29.4. The number of anilines is 1. The fourth-order valence-corrected chi connectivity index (χ4v) is 3.51. The van der Waals surface area contributed by atoms with E-state index in [-0.39, 0.29) is 40.6 Å². The number of ether oxygens (including phenoxy) is 4. The molecule has 0 atom stereocenters. The third-order valence-corrected chi connectivity index (χ3v) is 5.33. The van der Waals surface area contributed by atoms with Crippen molar-refractivity contribution in [2.45, 2.75) is 39.9 Å². The number of hydrogen-bond acceptors (Lipinski definition) is 10. The molecule has 0 aromatic heterocycles. The molecule has 0 spiro atoms. The Hall–Kier alpha value is -4.54. The SMILES string of the molecule is COC(=O)c1ccc(N=Nc2c(F)cc(N=Nc3ccc(N(C)C)cc3OC(C)C)cc2OC)cc1OC(C)C. The van der Waals surface area contributed by atoms with Crippen molar-refractivity contribution in [1.82, 2.24) is 0 Å². The Labute approximate surface area is 233 Å². The number of esters is 1. The van der Waals surface area contributed by atoms with Crippen LogP contribution in [0.3, 0.4) is 0 Å². The van der Waals surface area contributed by atoms with Crippen LogP contribution in [0.2, 0.25) is 0 Å². The molecule has 3 aromatic carbocycles. The van der Waals surface area contributed by atoms with E-state index in [4.69, 9.17) is 18.9 Å². The number of halogens is 1. The highest BCUT2D eigenvalue weighted by atomic mass is 19.1. The minimum Gasteiger partial charge on any atom is -0.494 e. The summed E-state index contributed by atoms with van der Waals surface area (Å²) in [6, 6.07) is 12.8. The van der Waals surface area contributed by atoms with Crippen LogP contribution in [0.5, 0.6) is 17.2 Å². The molecule has 0 saturated carbocycles. The molecule has 0 radical (unpaired) electrons. The average Bonchev–Trinajstić information content (AvgIpc) is 2.90. The van der Waals surface area contributed by atoms with Crippen molar-refractivity contribution >= 4 is 34.4 Å². The number of carbonyl (C=O) groups is 1. The molecule has 10 nitrogen and oxygen atoms in total. The average molecular weight is 552 g/mol. The van der Waals surface area contributed by atoms with Gasteiger partial charge in [-0.1, -0.05) is 0 Å². The molecule has 0 fully saturated rings. The summed E-state index contributed by atoms with van der Waals surface area (Å²) < 4.78 is 36.9. The standard InChI is InChI=1S/C29H34FN5O5/c1-17(2)39-25-14-19(9-11-22(25)29(36)38-8)31-34-28-23(30)13-20(15-27(28)37-7)32-33-24-12-10-21(35(5)6)16-26(24)40-18(3)4/h9-18H,1-8H3. The number of nitrogens with zero attached hydrogens (tertiary/aromatic N) is 5. The summed E-state index contributed by atoms with van der Waals surface area (Å²) in [7, 11) is 6.54. The molecule has 3 rings (SSSR count). The number of azo groups is 2. The van der Waals surface area contributed by atoms with Gasteiger partial charge in [0.25, 0.3) is 0 Å². The summed E-state index contributed by atoms with van der Waals surface area (Å²) in [5, 5.41) is 16.7. The summed E-state index contributed by atoms with van der Waals surface area (Å²) in [5.74, 6) is -0.302. The van der Waals surface area contributed by atoms with Crippen LogP contribution in [-0.2, 0) is 4.74 Å². The molecule has 40 heavy (non-hydrogen) atoms. The third kappa shape index (κ3) is 7.75. The number of benzene rings is 3. The van der Waals surface area contributed by atoms with E-state index in [1.807, 2.05) is 58.8 Å². The molecular formula is C29H34FN5O5. The summed E-state index contributed by atoms with van der Waals surface area (Å²) in [6.07, 6.45) is -0.271. The first kappa shape index (κ1) is 30.0. The van der Waals surface area contributed by atoms with Gasteiger partial charge >= 0.3 is 5.97 Å². The van der Waals surface area contributed by atoms with Gasteiger partial charge in [0.05, 0.1) is 37.8 Å². The molecular weight excluding hydrogens is 517 g/mol. The Morgan fingerprint density at radius 3 is 2.05 bits per heavy atom. The van der Waals surface area contributed by atoms with Gasteiger partial charge in [-0.3, -0.25) is 0 Å². The number of hydrogen-bond donors (Lipinski definition) is 0. The highest BCUT2D eigenvalue weighted by Gasteiger charge is 2.16. The first-order chi connectivity index (χ1) is 19.0. The fourth-order valence-electron chi connectivity index (χ4n) is 3.51. The molecule has 0 bridgehead atoms. The van der Waals surface area contributed by atoms with Crippen molar-refractivity contribution in [2.24, 2.45) is 20.5 Å². The number of carbonyl (C=O) groups excluding carboxylic acids is 1. The van der Waals surface area contributed by atoms with E-state index < -0.39 is 11.8 Å². The number of methoxy groups -OCH3 is 2. The van der Waals surface area contributed by atoms with E-state index in [1.165, 1.54) is 38.5 Å². The van der Waals surface area contributed by atoms with Crippen LogP contribution in [0.25, 0.3) is 0 Å². The molecule has 0 saturated heterocycles. The quantitative estimate of drug-likeness (QED) is 0.176. The fraction of sp³-hybridized carbons (Fsp3) is 0.345. The molecule has 0 aliphatic rings. The van der Waals surface area contributed by atoms with Gasteiger partial charge in [0, 0.05) is 44.0 Å². The summed E-state index contributed by atoms with van der Waals surface area (Å²) in [5.41, 5.74) is 2.12. The van der Waals surface area contributed by atoms with Crippen LogP contribution < -0.4 is 19.1 Å². The molecule has 0 amide bonds. The highest BCUT2D eigenvalue weighted by Crippen LogP contribution is 2.38. The third-order valence-electron chi connectivity index (χ3n) is 5.33. The highest BCUT2D eigenvalue weighted by molar-refractivity contribution is 5.93. The molecule has 11 heteroatoms. The lowest BCUT2D eigenvalue weighted by Gasteiger charge is -2.17. The summed E-state index contributed by atoms with van der Waals surface area (Å²) >= 11 is 0. The second-order valence-corrected chi connectivity index (χ2v) is 9.43. The summed E-state index contributed by atoms with van der Waals surface area (Å²) in [4.78, 5) is 14.0. The van der Waals surface area contributed by atoms with E-state index in [9.17, 15) is 4.79 Å². The van der Waals surface area contributed by atoms with Gasteiger partial charge in [0.15, 0.2) is 17.3 Å². The Balaban J connectivity index is 1.92. The maximum atomic E-state index is 15.1. The predicted octanol–water partition coefficient (Wildman–Crippen LogP) is 8.09. The lowest BCUT2D eigenvalue weighted by molar-refractivity contribution is 0.0594. The zero-order valence-electron chi connectivity index (χ0n) is 23.9. The topological polar surface area (TPSA) is 107 Å². The van der Waals surface area contributed by atoms with E-state index >= 15 is 4.39 Å². The first-order valence-corrected chi connectivity index (χ1v) is 12.6. The van der Waals surface area contributed by atoms with Crippen LogP contribution in [0.15, 0.2) is 69.0 Å². The van der Waals surface area contributed by atoms with Crippen molar-refractivity contribution in [3.05, 3.63) is 59.9 Å². The molecule has 0 aliphatic carbocycles. The molecule has 0 aliphatic heterocycles. The lowest BCUT2D eigenvalue weighted by Crippen LogP contribution is -2.10. The minimum absolute atomic E-state index is 0.0711. The van der Waals surface area contributed by atoms with Crippen molar-refractivity contribution in [3.63, 3.8) is 0 Å². The van der Waals surface area contributed by atoms with Gasteiger partial charge < -0.3 is 23.8 Å². The Bertz CT molecular complexity index is 1410. The monoisotopic (exact) mass is 551 g/mol. The molecule has 0 heterocycles. The Morgan fingerprint density at radius 2 is 1.43 bits per heavy atom. The van der Waals surface area contributed by atoms with E-state index in [2.05, 4.69) is 20.5 Å². The van der Waals surface area contributed by atoms with Crippen molar-refractivity contribution in [2.75, 3.05) is 33.2 Å². The molecule has 3 aromatic rings. The van der Waals surface area contributed by atoms with Crippen molar-refractivity contribution < 1.29 is 28.1 Å². The molecule has 0 N–H and O–H groups in total. The number of rotatable bonds is 11. The Morgan fingerprint density at radius 1 is 0.775 bits per heavy atom. The van der Waals surface area contributed by atoms with Gasteiger partial charge in [0.2, 0.25) is 0 Å². The van der Waals surface area contributed by atoms with E-state index in [1.54, 1.807) is 12.1 Å². The zero-order valence-corrected chi connectivity index (χ0v) is 23.9.